The van der Waals surface area contributed by atoms with Gasteiger partial charge in [0.1, 0.15) is 11.6 Å². The molecule has 2 rings (SSSR count). The molecule has 0 saturated heterocycles. The summed E-state index contributed by atoms with van der Waals surface area (Å²) < 4.78 is 5.28. The van der Waals surface area contributed by atoms with Crippen molar-refractivity contribution in [2.24, 2.45) is 0 Å². The van der Waals surface area contributed by atoms with Gasteiger partial charge in [-0.05, 0) is 30.7 Å². The molecule has 0 atom stereocenters. The molecule has 22 heavy (non-hydrogen) atoms. The largest absolute Gasteiger partial charge is 0.495 e. The van der Waals surface area contributed by atoms with Crippen molar-refractivity contribution < 1.29 is 9.53 Å². The first kappa shape index (κ1) is 15.8. The molecule has 0 unspecified atom stereocenters. The number of hydrogen-bond acceptors (Lipinski definition) is 4. The fourth-order valence-electron chi connectivity index (χ4n) is 1.97. The highest BCUT2D eigenvalue weighted by Gasteiger charge is 2.06. The zero-order valence-corrected chi connectivity index (χ0v) is 12.9. The summed E-state index contributed by atoms with van der Waals surface area (Å²) in [7, 11) is 1.62. The standard InChI is InChI=1S/C17H21N3O2/c1-3-4-11-18-17(21)13-9-10-16(19-12-13)20-14-7-5-6-8-15(14)22-2/h5-10,12H,3-4,11H2,1-2H3,(H,18,21)(H,19,20). The molecule has 1 amide bonds. The SMILES string of the molecule is CCCCNC(=O)c1ccc(Nc2ccccc2OC)nc1. The normalized spacial score (nSPS) is 10.1. The number of carbonyl (C=O) groups excluding carboxylic acids is 1. The van der Waals surface area contributed by atoms with E-state index in [-0.39, 0.29) is 5.91 Å². The number of methoxy groups -OCH3 is 1. The predicted molar refractivity (Wildman–Crippen MR) is 87.8 cm³/mol. The summed E-state index contributed by atoms with van der Waals surface area (Å²) in [5.41, 5.74) is 1.39. The molecule has 1 aromatic heterocycles. The molecule has 2 N–H and O–H groups in total. The summed E-state index contributed by atoms with van der Waals surface area (Å²) in [4.78, 5) is 16.2. The van der Waals surface area contributed by atoms with Crippen LogP contribution in [-0.2, 0) is 0 Å². The van der Waals surface area contributed by atoms with Crippen LogP contribution in [0.3, 0.4) is 0 Å². The zero-order valence-electron chi connectivity index (χ0n) is 12.9. The molecule has 0 bridgehead atoms. The molecule has 116 valence electrons. The van der Waals surface area contributed by atoms with Gasteiger partial charge in [0.05, 0.1) is 18.4 Å². The second-order valence-electron chi connectivity index (χ2n) is 4.87. The first-order valence-corrected chi connectivity index (χ1v) is 7.39. The molecule has 2 aromatic rings. The van der Waals surface area contributed by atoms with E-state index in [9.17, 15) is 4.79 Å². The molecule has 0 radical (unpaired) electrons. The highest BCUT2D eigenvalue weighted by molar-refractivity contribution is 5.94. The third-order valence-electron chi connectivity index (χ3n) is 3.21. The van der Waals surface area contributed by atoms with E-state index in [1.807, 2.05) is 24.3 Å². The lowest BCUT2D eigenvalue weighted by Crippen LogP contribution is -2.24. The molecule has 1 aromatic carbocycles. The maximum absolute atomic E-state index is 11.9. The van der Waals surface area contributed by atoms with E-state index in [0.717, 1.165) is 24.3 Å². The maximum Gasteiger partial charge on any atom is 0.252 e. The molecule has 5 heteroatoms. The lowest BCUT2D eigenvalue weighted by Gasteiger charge is -2.10. The number of nitrogens with one attached hydrogen (secondary N) is 2. The Balaban J connectivity index is 2.01. The number of benzene rings is 1. The van der Waals surface area contributed by atoms with E-state index in [0.29, 0.717) is 17.9 Å². The van der Waals surface area contributed by atoms with Gasteiger partial charge < -0.3 is 15.4 Å². The maximum atomic E-state index is 11.9. The summed E-state index contributed by atoms with van der Waals surface area (Å²) in [6.07, 6.45) is 3.60. The first-order valence-electron chi connectivity index (χ1n) is 7.39. The molecule has 0 aliphatic carbocycles. The highest BCUT2D eigenvalue weighted by atomic mass is 16.5. The quantitative estimate of drug-likeness (QED) is 0.769. The van der Waals surface area contributed by atoms with E-state index in [4.69, 9.17) is 4.74 Å². The second-order valence-corrected chi connectivity index (χ2v) is 4.87. The van der Waals surface area contributed by atoms with Crippen LogP contribution in [0.25, 0.3) is 0 Å². The zero-order chi connectivity index (χ0) is 15.8. The Morgan fingerprint density at radius 3 is 2.73 bits per heavy atom. The summed E-state index contributed by atoms with van der Waals surface area (Å²) >= 11 is 0. The molecule has 0 aliphatic rings. The van der Waals surface area contributed by atoms with Crippen LogP contribution in [0.5, 0.6) is 5.75 Å². The van der Waals surface area contributed by atoms with Crippen molar-refractivity contribution in [2.45, 2.75) is 19.8 Å². The van der Waals surface area contributed by atoms with Gasteiger partial charge in [-0.3, -0.25) is 4.79 Å². The number of para-hydroxylation sites is 2. The molecule has 5 nitrogen and oxygen atoms in total. The smallest absolute Gasteiger partial charge is 0.252 e. The number of hydrogen-bond donors (Lipinski definition) is 2. The van der Waals surface area contributed by atoms with Crippen molar-refractivity contribution in [3.05, 3.63) is 48.2 Å². The Morgan fingerprint density at radius 1 is 1.23 bits per heavy atom. The van der Waals surface area contributed by atoms with Crippen LogP contribution in [0.15, 0.2) is 42.6 Å². The number of ether oxygens (including phenoxy) is 1. The van der Waals surface area contributed by atoms with Crippen LogP contribution in [0.2, 0.25) is 0 Å². The van der Waals surface area contributed by atoms with Gasteiger partial charge in [-0.2, -0.15) is 0 Å². The van der Waals surface area contributed by atoms with E-state index in [2.05, 4.69) is 22.5 Å². The number of anilines is 2. The van der Waals surface area contributed by atoms with Crippen molar-refractivity contribution >= 4 is 17.4 Å². The fraction of sp³-hybridized carbons (Fsp3) is 0.294. The van der Waals surface area contributed by atoms with Gasteiger partial charge in [0.15, 0.2) is 0 Å². The van der Waals surface area contributed by atoms with E-state index in [1.54, 1.807) is 25.4 Å². The lowest BCUT2D eigenvalue weighted by molar-refractivity contribution is 0.0953. The molecule has 1 heterocycles. The molecule has 0 fully saturated rings. The molecule has 0 saturated carbocycles. The number of nitrogens with zero attached hydrogens (tertiary/aromatic N) is 1. The van der Waals surface area contributed by atoms with Gasteiger partial charge in [0.2, 0.25) is 0 Å². The summed E-state index contributed by atoms with van der Waals surface area (Å²) in [6.45, 7) is 2.78. The van der Waals surface area contributed by atoms with E-state index < -0.39 is 0 Å². The molecule has 0 spiro atoms. The van der Waals surface area contributed by atoms with Gasteiger partial charge in [-0.15, -0.1) is 0 Å². The number of amides is 1. The van der Waals surface area contributed by atoms with E-state index in [1.165, 1.54) is 0 Å². The Bertz CT molecular complexity index is 612. The Labute approximate surface area is 130 Å². The summed E-state index contributed by atoms with van der Waals surface area (Å²) in [5.74, 6) is 1.31. The monoisotopic (exact) mass is 299 g/mol. The minimum absolute atomic E-state index is 0.0928. The number of rotatable bonds is 7. The number of pyridine rings is 1. The first-order chi connectivity index (χ1) is 10.7. The summed E-state index contributed by atoms with van der Waals surface area (Å²) in [5, 5.41) is 6.04. The fourth-order valence-corrected chi connectivity index (χ4v) is 1.97. The van der Waals surface area contributed by atoms with Gasteiger partial charge in [0.25, 0.3) is 5.91 Å². The van der Waals surface area contributed by atoms with Crippen LogP contribution in [-0.4, -0.2) is 24.5 Å². The highest BCUT2D eigenvalue weighted by Crippen LogP contribution is 2.25. The van der Waals surface area contributed by atoms with Crippen LogP contribution in [0.4, 0.5) is 11.5 Å². The topological polar surface area (TPSA) is 63.2 Å². The number of unbranched alkanes of at least 4 members (excludes halogenated alkanes) is 1. The van der Waals surface area contributed by atoms with Crippen molar-refractivity contribution in [3.8, 4) is 5.75 Å². The van der Waals surface area contributed by atoms with Gasteiger partial charge in [0, 0.05) is 12.7 Å². The Kier molecular flexibility index (Phi) is 5.77. The van der Waals surface area contributed by atoms with Crippen LogP contribution >= 0.6 is 0 Å². The van der Waals surface area contributed by atoms with Crippen LogP contribution in [0.1, 0.15) is 30.1 Å². The van der Waals surface area contributed by atoms with Gasteiger partial charge in [-0.1, -0.05) is 25.5 Å². The average molecular weight is 299 g/mol. The van der Waals surface area contributed by atoms with Crippen molar-refractivity contribution in [3.63, 3.8) is 0 Å². The molecule has 0 aliphatic heterocycles. The Hall–Kier alpha value is -2.56. The predicted octanol–water partition coefficient (Wildman–Crippen LogP) is 3.36. The minimum atomic E-state index is -0.0928. The molecular formula is C17H21N3O2. The van der Waals surface area contributed by atoms with E-state index >= 15 is 0 Å². The van der Waals surface area contributed by atoms with Gasteiger partial charge in [-0.25, -0.2) is 4.98 Å². The Morgan fingerprint density at radius 2 is 2.05 bits per heavy atom. The van der Waals surface area contributed by atoms with Gasteiger partial charge >= 0.3 is 0 Å². The third kappa shape index (κ3) is 4.22. The van der Waals surface area contributed by atoms with Crippen LogP contribution in [0, 0.1) is 0 Å². The molecular weight excluding hydrogens is 278 g/mol. The third-order valence-corrected chi connectivity index (χ3v) is 3.21. The average Bonchev–Trinajstić information content (AvgIpc) is 2.56. The van der Waals surface area contributed by atoms with Crippen molar-refractivity contribution in [2.75, 3.05) is 19.0 Å². The van der Waals surface area contributed by atoms with Crippen LogP contribution < -0.4 is 15.4 Å². The lowest BCUT2D eigenvalue weighted by atomic mass is 10.2. The van der Waals surface area contributed by atoms with Crippen molar-refractivity contribution in [1.82, 2.24) is 10.3 Å². The summed E-state index contributed by atoms with van der Waals surface area (Å²) in [6, 6.07) is 11.1. The number of aromatic nitrogens is 1. The number of carbonyl (C=O) groups is 1. The minimum Gasteiger partial charge on any atom is -0.495 e. The second kappa shape index (κ2) is 8.02. The van der Waals surface area contributed by atoms with Crippen molar-refractivity contribution in [1.29, 1.82) is 0 Å².